The Labute approximate surface area is 133 Å². The van der Waals surface area contributed by atoms with Gasteiger partial charge in [-0.25, -0.2) is 0 Å². The zero-order chi connectivity index (χ0) is 17.1. The molecule has 0 N–H and O–H groups in total. The fourth-order valence-electron chi connectivity index (χ4n) is 2.32. The van der Waals surface area contributed by atoms with Gasteiger partial charge in [0.2, 0.25) is 0 Å². The number of hydrogen-bond donors (Lipinski definition) is 0. The van der Waals surface area contributed by atoms with Crippen LogP contribution in [-0.2, 0) is 6.54 Å². The molecule has 0 aliphatic heterocycles. The lowest BCUT2D eigenvalue weighted by atomic mass is 10.3. The lowest BCUT2D eigenvalue weighted by molar-refractivity contribution is -0.386. The zero-order valence-electron chi connectivity index (χ0n) is 13.6. The van der Waals surface area contributed by atoms with E-state index in [1.54, 1.807) is 38.2 Å². The molecule has 0 aromatic carbocycles. The fraction of sp³-hybridized carbons (Fsp3) is 0.400. The summed E-state index contributed by atoms with van der Waals surface area (Å²) in [5.74, 6) is -0.259. The average molecular weight is 317 g/mol. The van der Waals surface area contributed by atoms with Crippen LogP contribution in [0, 0.1) is 24.0 Å². The number of carbonyl (C=O) groups excluding carboxylic acids is 1. The molecular weight excluding hydrogens is 298 g/mol. The van der Waals surface area contributed by atoms with Gasteiger partial charge >= 0.3 is 5.69 Å². The van der Waals surface area contributed by atoms with Crippen LogP contribution in [0.5, 0.6) is 0 Å². The summed E-state index contributed by atoms with van der Waals surface area (Å²) in [5, 5.41) is 15.1. The van der Waals surface area contributed by atoms with Crippen LogP contribution in [0.15, 0.2) is 29.4 Å². The molecule has 122 valence electrons. The second-order valence-corrected chi connectivity index (χ2v) is 5.48. The van der Waals surface area contributed by atoms with Crippen LogP contribution in [0.4, 0.5) is 5.69 Å². The van der Waals surface area contributed by atoms with Gasteiger partial charge in [0.25, 0.3) is 5.91 Å². The molecule has 2 aromatic heterocycles. The molecule has 0 fully saturated rings. The highest BCUT2D eigenvalue weighted by Crippen LogP contribution is 2.21. The van der Waals surface area contributed by atoms with Gasteiger partial charge in [0, 0.05) is 12.2 Å². The number of aryl methyl sites for hydroxylation is 1. The van der Waals surface area contributed by atoms with Gasteiger partial charge in [-0.15, -0.1) is 0 Å². The number of nitro groups is 1. The maximum atomic E-state index is 12.5. The number of carbonyl (C=O) groups is 1. The molecule has 23 heavy (non-hydrogen) atoms. The van der Waals surface area contributed by atoms with E-state index < -0.39 is 4.92 Å². The standard InChI is InChI=1S/C15H19N5O3/c1-10(2)16-13-7-5-6-8-18(13)14(21)9-19-12(4)15(20(22)23)11(3)17-19/h5-8,10H,9H2,1-4H3. The smallest absolute Gasteiger partial charge is 0.272 e. The number of aromatic nitrogens is 3. The summed E-state index contributed by atoms with van der Waals surface area (Å²) >= 11 is 0. The molecule has 0 radical (unpaired) electrons. The number of nitrogens with zero attached hydrogens (tertiary/aromatic N) is 5. The molecule has 0 atom stereocenters. The van der Waals surface area contributed by atoms with Gasteiger partial charge < -0.3 is 0 Å². The highest BCUT2D eigenvalue weighted by molar-refractivity contribution is 5.78. The molecule has 2 heterocycles. The Bertz CT molecular complexity index is 817. The van der Waals surface area contributed by atoms with E-state index in [4.69, 9.17) is 0 Å². The van der Waals surface area contributed by atoms with Crippen molar-refractivity contribution in [1.82, 2.24) is 14.3 Å². The third-order valence-electron chi connectivity index (χ3n) is 3.31. The molecule has 2 rings (SSSR count). The molecule has 0 saturated heterocycles. The van der Waals surface area contributed by atoms with Crippen molar-refractivity contribution in [3.8, 4) is 0 Å². The van der Waals surface area contributed by atoms with E-state index in [1.165, 1.54) is 9.25 Å². The first-order valence-corrected chi connectivity index (χ1v) is 7.24. The van der Waals surface area contributed by atoms with Crippen LogP contribution < -0.4 is 5.49 Å². The van der Waals surface area contributed by atoms with E-state index in [0.717, 1.165) is 0 Å². The second kappa shape index (κ2) is 6.55. The van der Waals surface area contributed by atoms with Crippen LogP contribution in [0.25, 0.3) is 0 Å². The van der Waals surface area contributed by atoms with Gasteiger partial charge in [0.15, 0.2) is 0 Å². The molecule has 8 nitrogen and oxygen atoms in total. The van der Waals surface area contributed by atoms with Crippen molar-refractivity contribution in [1.29, 1.82) is 0 Å². The molecule has 0 bridgehead atoms. The summed E-state index contributed by atoms with van der Waals surface area (Å²) in [7, 11) is 0. The number of rotatable bonds is 4. The second-order valence-electron chi connectivity index (χ2n) is 5.48. The fourth-order valence-corrected chi connectivity index (χ4v) is 2.32. The molecule has 0 aliphatic carbocycles. The third kappa shape index (κ3) is 3.53. The van der Waals surface area contributed by atoms with Crippen molar-refractivity contribution >= 4 is 11.6 Å². The minimum absolute atomic E-state index is 0.0474. The topological polar surface area (TPSA) is 95.3 Å². The maximum absolute atomic E-state index is 12.5. The van der Waals surface area contributed by atoms with Crippen LogP contribution in [-0.4, -0.2) is 31.2 Å². The predicted molar refractivity (Wildman–Crippen MR) is 84.1 cm³/mol. The molecule has 0 spiro atoms. The van der Waals surface area contributed by atoms with Crippen LogP contribution >= 0.6 is 0 Å². The third-order valence-corrected chi connectivity index (χ3v) is 3.31. The first kappa shape index (κ1) is 16.6. The first-order valence-electron chi connectivity index (χ1n) is 7.24. The Morgan fingerprint density at radius 3 is 2.65 bits per heavy atom. The van der Waals surface area contributed by atoms with E-state index in [-0.39, 0.29) is 24.2 Å². The Morgan fingerprint density at radius 1 is 1.39 bits per heavy atom. The van der Waals surface area contributed by atoms with Crippen molar-refractivity contribution in [2.24, 2.45) is 4.99 Å². The maximum Gasteiger partial charge on any atom is 0.312 e. The lowest BCUT2D eigenvalue weighted by Gasteiger charge is -2.08. The summed E-state index contributed by atoms with van der Waals surface area (Å²) < 4.78 is 2.79. The van der Waals surface area contributed by atoms with Crippen LogP contribution in [0.2, 0.25) is 0 Å². The largest absolute Gasteiger partial charge is 0.312 e. The molecule has 0 unspecified atom stereocenters. The quantitative estimate of drug-likeness (QED) is 0.635. The minimum Gasteiger partial charge on any atom is -0.272 e. The SMILES string of the molecule is Cc1nn(CC(=O)n2ccccc2=NC(C)C)c(C)c1[N+](=O)[O-]. The number of pyridine rings is 1. The Balaban J connectivity index is 2.38. The zero-order valence-corrected chi connectivity index (χ0v) is 13.6. The Kier molecular flexibility index (Phi) is 4.73. The molecule has 0 aliphatic rings. The molecule has 8 heteroatoms. The Morgan fingerprint density at radius 2 is 2.09 bits per heavy atom. The summed E-state index contributed by atoms with van der Waals surface area (Å²) in [5.41, 5.74) is 1.15. The summed E-state index contributed by atoms with van der Waals surface area (Å²) in [4.78, 5) is 27.5. The highest BCUT2D eigenvalue weighted by atomic mass is 16.6. The van der Waals surface area contributed by atoms with Gasteiger partial charge in [0.1, 0.15) is 23.4 Å². The van der Waals surface area contributed by atoms with E-state index >= 15 is 0 Å². The summed E-state index contributed by atoms with van der Waals surface area (Å²) in [6.07, 6.45) is 1.63. The molecule has 2 aromatic rings. The minimum atomic E-state index is -0.478. The lowest BCUT2D eigenvalue weighted by Crippen LogP contribution is -2.30. The Hall–Kier alpha value is -2.77. The van der Waals surface area contributed by atoms with E-state index in [0.29, 0.717) is 16.9 Å². The number of hydrogen-bond acceptors (Lipinski definition) is 5. The van der Waals surface area contributed by atoms with Gasteiger partial charge in [-0.3, -0.25) is 29.2 Å². The first-order chi connectivity index (χ1) is 10.8. The van der Waals surface area contributed by atoms with Crippen molar-refractivity contribution in [2.75, 3.05) is 0 Å². The highest BCUT2D eigenvalue weighted by Gasteiger charge is 2.23. The van der Waals surface area contributed by atoms with Crippen molar-refractivity contribution < 1.29 is 9.72 Å². The summed E-state index contributed by atoms with van der Waals surface area (Å²) in [6.45, 7) is 6.90. The van der Waals surface area contributed by atoms with Crippen LogP contribution in [0.3, 0.4) is 0 Å². The van der Waals surface area contributed by atoms with Gasteiger partial charge in [-0.05, 0) is 39.8 Å². The van der Waals surface area contributed by atoms with E-state index in [9.17, 15) is 14.9 Å². The van der Waals surface area contributed by atoms with E-state index in [2.05, 4.69) is 10.1 Å². The van der Waals surface area contributed by atoms with Crippen molar-refractivity contribution in [3.63, 3.8) is 0 Å². The van der Waals surface area contributed by atoms with E-state index in [1.807, 2.05) is 13.8 Å². The van der Waals surface area contributed by atoms with Gasteiger partial charge in [-0.2, -0.15) is 5.10 Å². The van der Waals surface area contributed by atoms with Crippen molar-refractivity contribution in [2.45, 2.75) is 40.3 Å². The molecule has 0 saturated carbocycles. The molecular formula is C15H19N5O3. The monoisotopic (exact) mass is 317 g/mol. The molecule has 0 amide bonds. The summed E-state index contributed by atoms with van der Waals surface area (Å²) in [6, 6.07) is 5.34. The van der Waals surface area contributed by atoms with Gasteiger partial charge in [0.05, 0.1) is 4.92 Å². The van der Waals surface area contributed by atoms with Gasteiger partial charge in [-0.1, -0.05) is 6.07 Å². The van der Waals surface area contributed by atoms with Crippen LogP contribution in [0.1, 0.15) is 30.0 Å². The normalized spacial score (nSPS) is 12.0. The van der Waals surface area contributed by atoms with Crippen molar-refractivity contribution in [3.05, 3.63) is 51.4 Å². The average Bonchev–Trinajstić information content (AvgIpc) is 2.73. The predicted octanol–water partition coefficient (Wildman–Crippen LogP) is 1.86.